The van der Waals surface area contributed by atoms with Crippen molar-refractivity contribution in [3.63, 3.8) is 0 Å². The summed E-state index contributed by atoms with van der Waals surface area (Å²) < 4.78 is 0. The van der Waals surface area contributed by atoms with Crippen LogP contribution in [0.2, 0.25) is 0 Å². The molecule has 0 fully saturated rings. The van der Waals surface area contributed by atoms with E-state index in [0.717, 1.165) is 32.1 Å². The lowest BCUT2D eigenvalue weighted by Crippen LogP contribution is -1.93. The van der Waals surface area contributed by atoms with E-state index in [9.17, 15) is 9.59 Å². The first-order valence-electron chi connectivity index (χ1n) is 14.6. The Labute approximate surface area is 211 Å². The van der Waals surface area contributed by atoms with Gasteiger partial charge in [0, 0.05) is 19.4 Å². The topological polar surface area (TPSA) is 94.8 Å². The molecule has 0 aliphatic rings. The van der Waals surface area contributed by atoms with E-state index in [1.807, 2.05) is 0 Å². The maximum absolute atomic E-state index is 10.3. The van der Waals surface area contributed by atoms with Crippen LogP contribution in [0.15, 0.2) is 0 Å². The van der Waals surface area contributed by atoms with Gasteiger partial charge in [-0.05, 0) is 19.3 Å². The summed E-state index contributed by atoms with van der Waals surface area (Å²) in [6, 6.07) is 0. The van der Waals surface area contributed by atoms with Crippen molar-refractivity contribution in [1.82, 2.24) is 0 Å². The van der Waals surface area contributed by atoms with Gasteiger partial charge in [-0.1, -0.05) is 135 Å². The molecule has 0 aromatic rings. The lowest BCUT2D eigenvalue weighted by Gasteiger charge is -2.02. The third-order valence-corrected chi connectivity index (χ3v) is 6.29. The van der Waals surface area contributed by atoms with Gasteiger partial charge >= 0.3 is 11.9 Å². The lowest BCUT2D eigenvalue weighted by atomic mass is 10.0. The molecule has 0 amide bonds. The predicted octanol–water partition coefficient (Wildman–Crippen LogP) is 8.91. The van der Waals surface area contributed by atoms with E-state index >= 15 is 0 Å². The van der Waals surface area contributed by atoms with E-state index in [-0.39, 0.29) is 0 Å². The number of unbranched alkanes of at least 4 members (excludes halogenated alkanes) is 21. The molecule has 0 unspecified atom stereocenters. The van der Waals surface area contributed by atoms with Crippen LogP contribution in [0.5, 0.6) is 0 Å². The Morgan fingerprint density at radius 3 is 0.882 bits per heavy atom. The minimum Gasteiger partial charge on any atom is -0.481 e. The van der Waals surface area contributed by atoms with Gasteiger partial charge in [-0.15, -0.1) is 0 Å². The molecule has 0 aliphatic heterocycles. The number of aliphatic carboxylic acids is 2. The molecule has 0 saturated carbocycles. The molecule has 0 spiro atoms. The van der Waals surface area contributed by atoms with Crippen molar-refractivity contribution in [3.05, 3.63) is 0 Å². The molecular formula is C29H58O5. The third kappa shape index (κ3) is 38.2. The first-order chi connectivity index (χ1) is 16.5. The van der Waals surface area contributed by atoms with Crippen LogP contribution >= 0.6 is 0 Å². The molecule has 34 heavy (non-hydrogen) atoms. The Morgan fingerprint density at radius 1 is 0.412 bits per heavy atom. The zero-order valence-electron chi connectivity index (χ0n) is 22.5. The van der Waals surface area contributed by atoms with Crippen molar-refractivity contribution in [2.24, 2.45) is 0 Å². The average Bonchev–Trinajstić information content (AvgIpc) is 2.80. The monoisotopic (exact) mass is 486 g/mol. The van der Waals surface area contributed by atoms with Crippen LogP contribution in [0.4, 0.5) is 0 Å². The largest absolute Gasteiger partial charge is 0.481 e. The maximum atomic E-state index is 10.3. The molecule has 0 aromatic carbocycles. The summed E-state index contributed by atoms with van der Waals surface area (Å²) >= 11 is 0. The zero-order valence-corrected chi connectivity index (χ0v) is 22.5. The number of aliphatic hydroxyl groups excluding tert-OH is 1. The fourth-order valence-corrected chi connectivity index (χ4v) is 4.10. The second-order valence-electron chi connectivity index (χ2n) is 9.79. The number of carboxylic acid groups (broad SMARTS) is 2. The Kier molecular flexibility index (Phi) is 32.9. The number of hydrogen-bond donors (Lipinski definition) is 3. The van der Waals surface area contributed by atoms with Gasteiger partial charge in [0.1, 0.15) is 0 Å². The van der Waals surface area contributed by atoms with Crippen molar-refractivity contribution in [1.29, 1.82) is 0 Å². The van der Waals surface area contributed by atoms with Crippen LogP contribution in [-0.4, -0.2) is 33.9 Å². The average molecular weight is 487 g/mol. The Balaban J connectivity index is 0. The van der Waals surface area contributed by atoms with E-state index in [1.165, 1.54) is 116 Å². The van der Waals surface area contributed by atoms with E-state index in [0.29, 0.717) is 19.4 Å². The minimum absolute atomic E-state index is 0.330. The number of hydrogen-bond acceptors (Lipinski definition) is 3. The summed E-state index contributed by atoms with van der Waals surface area (Å²) in [7, 11) is 0. The van der Waals surface area contributed by atoms with Crippen molar-refractivity contribution in [2.75, 3.05) is 6.61 Å². The molecule has 0 heterocycles. The van der Waals surface area contributed by atoms with Crippen molar-refractivity contribution in [3.8, 4) is 0 Å². The summed E-state index contributed by atoms with van der Waals surface area (Å²) in [6.45, 7) is 2.58. The summed E-state index contributed by atoms with van der Waals surface area (Å²) in [5.74, 6) is -1.33. The molecule has 0 aromatic heterocycles. The molecule has 5 heteroatoms. The van der Waals surface area contributed by atoms with Crippen LogP contribution in [0, 0.1) is 0 Å². The first kappa shape index (κ1) is 35.1. The Hall–Kier alpha value is -1.10. The fourth-order valence-electron chi connectivity index (χ4n) is 4.10. The molecule has 0 aliphatic carbocycles. The van der Waals surface area contributed by atoms with Gasteiger partial charge in [-0.3, -0.25) is 9.59 Å². The molecule has 0 atom stereocenters. The number of aliphatic hydroxyl groups is 1. The highest BCUT2D eigenvalue weighted by atomic mass is 16.4. The molecule has 0 saturated heterocycles. The first-order valence-corrected chi connectivity index (χ1v) is 14.6. The second kappa shape index (κ2) is 31.9. The molecule has 3 N–H and O–H groups in total. The quantitative estimate of drug-likeness (QED) is 0.106. The Bertz CT molecular complexity index is 411. The number of carbonyl (C=O) groups is 2. The fraction of sp³-hybridized carbons (Fsp3) is 0.931. The molecule has 5 nitrogen and oxygen atoms in total. The summed E-state index contributed by atoms with van der Waals surface area (Å²) in [4.78, 5) is 20.5. The zero-order chi connectivity index (χ0) is 25.5. The van der Waals surface area contributed by atoms with Gasteiger partial charge in [-0.2, -0.15) is 0 Å². The van der Waals surface area contributed by atoms with Crippen LogP contribution < -0.4 is 0 Å². The molecular weight excluding hydrogens is 428 g/mol. The van der Waals surface area contributed by atoms with Crippen LogP contribution in [0.25, 0.3) is 0 Å². The summed E-state index contributed by atoms with van der Waals surface area (Å²) in [5, 5.41) is 25.6. The van der Waals surface area contributed by atoms with E-state index in [2.05, 4.69) is 6.92 Å². The van der Waals surface area contributed by atoms with Crippen molar-refractivity contribution < 1.29 is 24.9 Å². The van der Waals surface area contributed by atoms with Crippen LogP contribution in [-0.2, 0) is 9.59 Å². The summed E-state index contributed by atoms with van der Waals surface area (Å²) in [6.07, 6.45) is 29.0. The van der Waals surface area contributed by atoms with E-state index < -0.39 is 11.9 Å². The molecule has 0 rings (SSSR count). The van der Waals surface area contributed by atoms with Gasteiger partial charge in [0.05, 0.1) is 0 Å². The molecule has 0 radical (unpaired) electrons. The highest BCUT2D eigenvalue weighted by Gasteiger charge is 1.98. The highest BCUT2D eigenvalue weighted by Crippen LogP contribution is 2.13. The summed E-state index contributed by atoms with van der Waals surface area (Å²) in [5.41, 5.74) is 0. The van der Waals surface area contributed by atoms with Crippen LogP contribution in [0.3, 0.4) is 0 Å². The van der Waals surface area contributed by atoms with Crippen molar-refractivity contribution in [2.45, 2.75) is 167 Å². The number of rotatable bonds is 26. The van der Waals surface area contributed by atoms with Gasteiger partial charge in [0.15, 0.2) is 0 Å². The second-order valence-corrected chi connectivity index (χ2v) is 9.79. The molecule has 0 bridgehead atoms. The SMILES string of the molecule is CCCCCCCCCCCCC(=O)O.O=C(O)CCCCCCCCCCCCCCCO. The number of carboxylic acids is 2. The Morgan fingerprint density at radius 2 is 0.647 bits per heavy atom. The van der Waals surface area contributed by atoms with E-state index in [4.69, 9.17) is 15.3 Å². The highest BCUT2D eigenvalue weighted by molar-refractivity contribution is 5.66. The lowest BCUT2D eigenvalue weighted by molar-refractivity contribution is -0.138. The van der Waals surface area contributed by atoms with Crippen LogP contribution in [0.1, 0.15) is 167 Å². The maximum Gasteiger partial charge on any atom is 0.303 e. The minimum atomic E-state index is -0.668. The molecule has 204 valence electrons. The normalized spacial score (nSPS) is 10.6. The van der Waals surface area contributed by atoms with Crippen molar-refractivity contribution >= 4 is 11.9 Å². The predicted molar refractivity (Wildman–Crippen MR) is 143 cm³/mol. The smallest absolute Gasteiger partial charge is 0.303 e. The standard InChI is InChI=1S/C16H32O3.C13H26O2/c17-15-13-11-9-7-5-3-1-2-4-6-8-10-12-14-16(18)19;1-2-3-4-5-6-7-8-9-10-11-12-13(14)15/h17H,1-15H2,(H,18,19);2-12H2,1H3,(H,14,15). The van der Waals surface area contributed by atoms with Gasteiger partial charge in [0.25, 0.3) is 0 Å². The van der Waals surface area contributed by atoms with Gasteiger partial charge in [-0.25, -0.2) is 0 Å². The van der Waals surface area contributed by atoms with E-state index in [1.54, 1.807) is 0 Å². The third-order valence-electron chi connectivity index (χ3n) is 6.29. The van der Waals surface area contributed by atoms with Gasteiger partial charge < -0.3 is 15.3 Å². The van der Waals surface area contributed by atoms with Gasteiger partial charge in [0.2, 0.25) is 0 Å².